The molecule has 0 fully saturated rings. The Balaban J connectivity index is 2.29. The summed E-state index contributed by atoms with van der Waals surface area (Å²) in [6.07, 6.45) is 0. The van der Waals surface area contributed by atoms with Crippen LogP contribution in [0.2, 0.25) is 5.02 Å². The zero-order valence-electron chi connectivity index (χ0n) is 10.4. The third kappa shape index (κ3) is 3.43. The van der Waals surface area contributed by atoms with Crippen molar-refractivity contribution < 1.29 is 18.1 Å². The number of hydrogen-bond acceptors (Lipinski definition) is 3. The van der Waals surface area contributed by atoms with Gasteiger partial charge in [-0.1, -0.05) is 17.7 Å². The molecule has 0 aromatic heterocycles. The van der Waals surface area contributed by atoms with E-state index in [1.807, 2.05) is 0 Å². The highest BCUT2D eigenvalue weighted by Gasteiger charge is 2.20. The average Bonchev–Trinajstić information content (AvgIpc) is 2.38. The van der Waals surface area contributed by atoms with Gasteiger partial charge in [0.15, 0.2) is 5.82 Å². The van der Waals surface area contributed by atoms with Crippen LogP contribution in [-0.4, -0.2) is 4.92 Å². The summed E-state index contributed by atoms with van der Waals surface area (Å²) in [6.45, 7) is -0.0808. The number of halogens is 4. The van der Waals surface area contributed by atoms with E-state index in [0.717, 1.165) is 12.1 Å². The summed E-state index contributed by atoms with van der Waals surface area (Å²) in [6, 6.07) is 4.71. The fourth-order valence-corrected chi connectivity index (χ4v) is 1.96. The van der Waals surface area contributed by atoms with E-state index in [4.69, 9.17) is 11.6 Å². The normalized spacial score (nSPS) is 10.5. The number of hydrogen-bond donors (Lipinski definition) is 1. The summed E-state index contributed by atoms with van der Waals surface area (Å²) in [4.78, 5) is 9.90. The van der Waals surface area contributed by atoms with Gasteiger partial charge >= 0.3 is 0 Å². The molecule has 0 unspecified atom stereocenters. The van der Waals surface area contributed by atoms with Gasteiger partial charge in [0, 0.05) is 17.6 Å². The Labute approximate surface area is 122 Å². The van der Waals surface area contributed by atoms with E-state index in [1.54, 1.807) is 0 Å². The first kappa shape index (κ1) is 15.1. The fraction of sp³-hybridized carbons (Fsp3) is 0.0769. The topological polar surface area (TPSA) is 55.2 Å². The molecule has 0 bridgehead atoms. The van der Waals surface area contributed by atoms with E-state index in [9.17, 15) is 23.3 Å². The quantitative estimate of drug-likeness (QED) is 0.676. The van der Waals surface area contributed by atoms with Gasteiger partial charge in [0.05, 0.1) is 11.0 Å². The standard InChI is InChI=1S/C13H8ClF3N2O2/c14-10-3-8(15)2-1-7(10)6-18-13-11(17)4-9(16)5-12(13)19(20)21/h1-5,18H,6H2. The molecule has 0 spiro atoms. The van der Waals surface area contributed by atoms with Crippen LogP contribution < -0.4 is 5.32 Å². The number of nitro groups is 1. The van der Waals surface area contributed by atoms with Gasteiger partial charge in [-0.3, -0.25) is 10.1 Å². The Hall–Kier alpha value is -2.28. The predicted molar refractivity (Wildman–Crippen MR) is 71.7 cm³/mol. The molecule has 110 valence electrons. The minimum atomic E-state index is -1.10. The van der Waals surface area contributed by atoms with Crippen LogP contribution in [-0.2, 0) is 6.54 Å². The van der Waals surface area contributed by atoms with Crippen molar-refractivity contribution in [3.05, 3.63) is 68.5 Å². The molecule has 0 amide bonds. The maximum atomic E-state index is 13.6. The van der Waals surface area contributed by atoms with Crippen LogP contribution in [0.5, 0.6) is 0 Å². The monoisotopic (exact) mass is 316 g/mol. The van der Waals surface area contributed by atoms with Crippen LogP contribution in [0.25, 0.3) is 0 Å². The van der Waals surface area contributed by atoms with Crippen LogP contribution in [0.1, 0.15) is 5.56 Å². The molecule has 4 nitrogen and oxygen atoms in total. The van der Waals surface area contributed by atoms with Gasteiger partial charge in [-0.2, -0.15) is 0 Å². The minimum absolute atomic E-state index is 0.0808. The van der Waals surface area contributed by atoms with Crippen molar-refractivity contribution in [1.29, 1.82) is 0 Å². The molecule has 0 saturated heterocycles. The summed E-state index contributed by atoms with van der Waals surface area (Å²) in [5.74, 6) is -2.69. The first-order chi connectivity index (χ1) is 9.88. The number of nitrogens with zero attached hydrogens (tertiary/aromatic N) is 1. The molecule has 0 heterocycles. The van der Waals surface area contributed by atoms with Crippen molar-refractivity contribution in [2.45, 2.75) is 6.54 Å². The molecule has 0 aliphatic heterocycles. The smallest absolute Gasteiger partial charge is 0.298 e. The van der Waals surface area contributed by atoms with E-state index in [1.165, 1.54) is 6.07 Å². The molecule has 1 N–H and O–H groups in total. The molecule has 0 atom stereocenters. The molecule has 2 aromatic carbocycles. The second-order valence-corrected chi connectivity index (χ2v) is 4.54. The summed E-state index contributed by atoms with van der Waals surface area (Å²) in [5, 5.41) is 13.4. The number of nitro benzene ring substituents is 1. The number of rotatable bonds is 4. The van der Waals surface area contributed by atoms with Gasteiger partial charge in [0.2, 0.25) is 0 Å². The second-order valence-electron chi connectivity index (χ2n) is 4.13. The number of anilines is 1. The van der Waals surface area contributed by atoms with Crippen molar-refractivity contribution >= 4 is 23.0 Å². The summed E-state index contributed by atoms with van der Waals surface area (Å²) in [5.41, 5.74) is -0.774. The van der Waals surface area contributed by atoms with Crippen LogP contribution in [0.15, 0.2) is 30.3 Å². The van der Waals surface area contributed by atoms with E-state index in [-0.39, 0.29) is 11.6 Å². The lowest BCUT2D eigenvalue weighted by Gasteiger charge is -2.09. The van der Waals surface area contributed by atoms with Gasteiger partial charge in [0.25, 0.3) is 5.69 Å². The lowest BCUT2D eigenvalue weighted by molar-refractivity contribution is -0.384. The Morgan fingerprint density at radius 2 is 1.86 bits per heavy atom. The Kier molecular flexibility index (Phi) is 4.32. The van der Waals surface area contributed by atoms with Gasteiger partial charge in [-0.15, -0.1) is 0 Å². The van der Waals surface area contributed by atoms with Crippen molar-refractivity contribution in [3.8, 4) is 0 Å². The first-order valence-electron chi connectivity index (χ1n) is 5.69. The van der Waals surface area contributed by atoms with Gasteiger partial charge in [-0.25, -0.2) is 13.2 Å². The van der Waals surface area contributed by atoms with E-state index in [0.29, 0.717) is 17.7 Å². The van der Waals surface area contributed by atoms with E-state index >= 15 is 0 Å². The zero-order chi connectivity index (χ0) is 15.6. The number of nitrogens with one attached hydrogen (secondary N) is 1. The summed E-state index contributed by atoms with van der Waals surface area (Å²) < 4.78 is 39.5. The van der Waals surface area contributed by atoms with Gasteiger partial charge in [0.1, 0.15) is 17.3 Å². The molecule has 21 heavy (non-hydrogen) atoms. The molecule has 0 saturated carbocycles. The van der Waals surface area contributed by atoms with E-state index < -0.39 is 33.7 Å². The van der Waals surface area contributed by atoms with Gasteiger partial charge < -0.3 is 5.32 Å². The molecule has 8 heteroatoms. The Morgan fingerprint density at radius 1 is 1.14 bits per heavy atom. The molecule has 2 aromatic rings. The van der Waals surface area contributed by atoms with Gasteiger partial charge in [-0.05, 0) is 17.7 Å². The van der Waals surface area contributed by atoms with Crippen molar-refractivity contribution in [2.75, 3.05) is 5.32 Å². The molecule has 0 radical (unpaired) electrons. The first-order valence-corrected chi connectivity index (χ1v) is 6.07. The minimum Gasteiger partial charge on any atom is -0.373 e. The highest BCUT2D eigenvalue weighted by molar-refractivity contribution is 6.31. The van der Waals surface area contributed by atoms with Crippen molar-refractivity contribution in [3.63, 3.8) is 0 Å². The predicted octanol–water partition coefficient (Wildman–Crippen LogP) is 4.28. The van der Waals surface area contributed by atoms with Crippen LogP contribution in [0.3, 0.4) is 0 Å². The fourth-order valence-electron chi connectivity index (χ4n) is 1.73. The molecule has 0 aliphatic carbocycles. The average molecular weight is 317 g/mol. The van der Waals surface area contributed by atoms with Crippen LogP contribution >= 0.6 is 11.6 Å². The zero-order valence-corrected chi connectivity index (χ0v) is 11.1. The molecule has 2 rings (SSSR count). The van der Waals surface area contributed by atoms with Crippen molar-refractivity contribution in [2.24, 2.45) is 0 Å². The molecular formula is C13H8ClF3N2O2. The molecular weight excluding hydrogens is 309 g/mol. The maximum absolute atomic E-state index is 13.6. The van der Waals surface area contributed by atoms with Crippen LogP contribution in [0, 0.1) is 27.6 Å². The summed E-state index contributed by atoms with van der Waals surface area (Å²) in [7, 11) is 0. The largest absolute Gasteiger partial charge is 0.373 e. The highest BCUT2D eigenvalue weighted by atomic mass is 35.5. The molecule has 0 aliphatic rings. The highest BCUT2D eigenvalue weighted by Crippen LogP contribution is 2.29. The van der Waals surface area contributed by atoms with Crippen LogP contribution in [0.4, 0.5) is 24.5 Å². The second kappa shape index (κ2) is 6.01. The Bertz CT molecular complexity index is 710. The SMILES string of the molecule is O=[N+]([O-])c1cc(F)cc(F)c1NCc1ccc(F)cc1Cl. The maximum Gasteiger partial charge on any atom is 0.298 e. The third-order valence-electron chi connectivity index (χ3n) is 2.70. The lowest BCUT2D eigenvalue weighted by Crippen LogP contribution is -2.06. The number of benzene rings is 2. The summed E-state index contributed by atoms with van der Waals surface area (Å²) >= 11 is 5.80. The van der Waals surface area contributed by atoms with Crippen molar-refractivity contribution in [1.82, 2.24) is 0 Å². The van der Waals surface area contributed by atoms with E-state index in [2.05, 4.69) is 5.32 Å². The Morgan fingerprint density at radius 3 is 2.48 bits per heavy atom. The lowest BCUT2D eigenvalue weighted by atomic mass is 10.2. The third-order valence-corrected chi connectivity index (χ3v) is 3.05.